The Bertz CT molecular complexity index is 255. The van der Waals surface area contributed by atoms with Crippen LogP contribution in [0, 0.1) is 5.92 Å². The lowest BCUT2D eigenvalue weighted by atomic mass is 10.2. The molecule has 0 radical (unpaired) electrons. The van der Waals surface area contributed by atoms with E-state index in [1.807, 2.05) is 0 Å². The summed E-state index contributed by atoms with van der Waals surface area (Å²) in [5.41, 5.74) is 0. The first-order valence-electron chi connectivity index (χ1n) is 3.70. The van der Waals surface area contributed by atoms with E-state index < -0.39 is 15.7 Å². The predicted molar refractivity (Wildman–Crippen MR) is 55.4 cm³/mol. The molecule has 0 aromatic heterocycles. The molecule has 0 N–H and O–H groups in total. The van der Waals surface area contributed by atoms with Crippen LogP contribution in [0.3, 0.4) is 0 Å². The lowest BCUT2D eigenvalue weighted by Crippen LogP contribution is -2.15. The van der Waals surface area contributed by atoms with Crippen LogP contribution in [0.5, 0.6) is 0 Å². The number of esters is 1. The monoisotopic (exact) mass is 258 g/mol. The van der Waals surface area contributed by atoms with E-state index in [9.17, 15) is 9.59 Å². The Kier molecular flexibility index (Phi) is 5.49. The summed E-state index contributed by atoms with van der Waals surface area (Å²) in [6.45, 7) is 2.75. The van der Waals surface area contributed by atoms with Gasteiger partial charge in [-0.15, -0.1) is 0 Å². The molecule has 6 heteroatoms. The average Bonchev–Trinajstić information content (AvgIpc) is 2.00. The molecule has 0 aromatic carbocycles. The van der Waals surface area contributed by atoms with Crippen molar-refractivity contribution in [1.82, 2.24) is 0 Å². The highest BCUT2D eigenvalue weighted by atomic mass is 35.6. The fourth-order valence-electron chi connectivity index (χ4n) is 0.619. The molecular formula is C8H9Cl3O3. The van der Waals surface area contributed by atoms with Crippen LogP contribution in [0.2, 0.25) is 0 Å². The van der Waals surface area contributed by atoms with Crippen molar-refractivity contribution < 1.29 is 14.3 Å². The summed E-state index contributed by atoms with van der Waals surface area (Å²) < 4.78 is 2.81. The molecule has 1 atom stereocenters. The van der Waals surface area contributed by atoms with Crippen LogP contribution in [0.25, 0.3) is 0 Å². The molecule has 0 spiro atoms. The zero-order chi connectivity index (χ0) is 11.4. The van der Waals surface area contributed by atoms with Crippen molar-refractivity contribution in [2.45, 2.75) is 17.6 Å². The van der Waals surface area contributed by atoms with E-state index in [-0.39, 0.29) is 5.76 Å². The zero-order valence-corrected chi connectivity index (χ0v) is 9.86. The number of aldehydes is 1. The van der Waals surface area contributed by atoms with E-state index in [4.69, 9.17) is 34.8 Å². The van der Waals surface area contributed by atoms with Gasteiger partial charge in [-0.2, -0.15) is 0 Å². The molecular weight excluding hydrogens is 250 g/mol. The van der Waals surface area contributed by atoms with Gasteiger partial charge >= 0.3 is 5.97 Å². The first kappa shape index (κ1) is 13.8. The van der Waals surface area contributed by atoms with Gasteiger partial charge in [0.2, 0.25) is 3.79 Å². The van der Waals surface area contributed by atoms with E-state index in [1.54, 1.807) is 6.92 Å². The number of carbonyl (C=O) groups excluding carboxylic acids is 2. The minimum absolute atomic E-state index is 0.158. The highest BCUT2D eigenvalue weighted by molar-refractivity contribution is 6.69. The normalized spacial score (nSPS) is 14.8. The van der Waals surface area contributed by atoms with Crippen LogP contribution in [-0.2, 0) is 14.3 Å². The van der Waals surface area contributed by atoms with E-state index >= 15 is 0 Å². The molecule has 0 amide bonds. The molecule has 80 valence electrons. The molecule has 1 unspecified atom stereocenters. The first-order valence-corrected chi connectivity index (χ1v) is 4.83. The molecule has 0 aliphatic heterocycles. The van der Waals surface area contributed by atoms with Gasteiger partial charge in [-0.05, 0) is 6.08 Å². The fraction of sp³-hybridized carbons (Fsp3) is 0.500. The zero-order valence-electron chi connectivity index (χ0n) is 7.59. The molecule has 0 fully saturated rings. The minimum Gasteiger partial charge on any atom is -0.427 e. The number of halogens is 3. The highest BCUT2D eigenvalue weighted by Gasteiger charge is 2.29. The highest BCUT2D eigenvalue weighted by Crippen LogP contribution is 2.35. The van der Waals surface area contributed by atoms with Gasteiger partial charge in [-0.1, -0.05) is 41.7 Å². The molecule has 0 aliphatic carbocycles. The second-order valence-electron chi connectivity index (χ2n) is 2.62. The Balaban J connectivity index is 4.81. The summed E-state index contributed by atoms with van der Waals surface area (Å²) in [6, 6.07) is 0. The van der Waals surface area contributed by atoms with Gasteiger partial charge in [-0.3, -0.25) is 4.79 Å². The second kappa shape index (κ2) is 5.59. The van der Waals surface area contributed by atoms with Gasteiger partial charge in [0.05, 0.1) is 0 Å². The van der Waals surface area contributed by atoms with E-state index in [0.29, 0.717) is 6.29 Å². The number of hydrogen-bond donors (Lipinski definition) is 0. The van der Waals surface area contributed by atoms with Crippen molar-refractivity contribution in [2.24, 2.45) is 5.92 Å². The standard InChI is InChI=1S/C8H9Cl3O3/c1-5(4-12)3-7(8(9,10)11)14-6(2)13/h3-5H,1-2H3. The number of alkyl halides is 3. The molecule has 0 rings (SSSR count). The third-order valence-corrected chi connectivity index (χ3v) is 1.72. The van der Waals surface area contributed by atoms with Gasteiger partial charge in [0, 0.05) is 12.8 Å². The SMILES string of the molecule is CC(=O)OC(=CC(C)C=O)C(Cl)(Cl)Cl. The third-order valence-electron chi connectivity index (χ3n) is 1.16. The molecule has 14 heavy (non-hydrogen) atoms. The number of allylic oxidation sites excluding steroid dienone is 2. The van der Waals surface area contributed by atoms with Crippen LogP contribution in [0.4, 0.5) is 0 Å². The quantitative estimate of drug-likeness (QED) is 0.339. The van der Waals surface area contributed by atoms with Crippen LogP contribution < -0.4 is 0 Å². The van der Waals surface area contributed by atoms with Crippen molar-refractivity contribution in [3.05, 3.63) is 11.8 Å². The summed E-state index contributed by atoms with van der Waals surface area (Å²) in [6.07, 6.45) is 1.92. The topological polar surface area (TPSA) is 43.4 Å². The summed E-state index contributed by atoms with van der Waals surface area (Å²) >= 11 is 16.5. The van der Waals surface area contributed by atoms with Gasteiger partial charge in [0.25, 0.3) is 0 Å². The maximum absolute atomic E-state index is 10.6. The summed E-state index contributed by atoms with van der Waals surface area (Å²) in [5.74, 6) is -1.25. The molecule has 0 saturated carbocycles. The Morgan fingerprint density at radius 2 is 1.93 bits per heavy atom. The summed E-state index contributed by atoms with van der Waals surface area (Å²) in [7, 11) is 0. The van der Waals surface area contributed by atoms with E-state index in [1.165, 1.54) is 13.0 Å². The number of rotatable bonds is 3. The minimum atomic E-state index is -1.84. The molecule has 0 aliphatic rings. The van der Waals surface area contributed by atoms with Gasteiger partial charge < -0.3 is 9.53 Å². The van der Waals surface area contributed by atoms with E-state index in [0.717, 1.165) is 0 Å². The van der Waals surface area contributed by atoms with Crippen molar-refractivity contribution in [3.8, 4) is 0 Å². The van der Waals surface area contributed by atoms with Crippen LogP contribution in [0.15, 0.2) is 11.8 Å². The summed E-state index contributed by atoms with van der Waals surface area (Å²) in [4.78, 5) is 21.0. The first-order chi connectivity index (χ1) is 6.27. The Hall–Kier alpha value is -0.250. The smallest absolute Gasteiger partial charge is 0.307 e. The lowest BCUT2D eigenvalue weighted by molar-refractivity contribution is -0.137. The van der Waals surface area contributed by atoms with Crippen molar-refractivity contribution in [2.75, 3.05) is 0 Å². The molecule has 0 heterocycles. The average molecular weight is 260 g/mol. The Labute approximate surface area is 97.0 Å². The Morgan fingerprint density at radius 1 is 1.43 bits per heavy atom. The van der Waals surface area contributed by atoms with Crippen LogP contribution in [0.1, 0.15) is 13.8 Å². The van der Waals surface area contributed by atoms with Gasteiger partial charge in [0.15, 0.2) is 5.76 Å². The van der Waals surface area contributed by atoms with Crippen molar-refractivity contribution in [1.29, 1.82) is 0 Å². The molecule has 0 saturated heterocycles. The fourth-order valence-corrected chi connectivity index (χ4v) is 0.924. The van der Waals surface area contributed by atoms with E-state index in [2.05, 4.69) is 4.74 Å². The number of hydrogen-bond acceptors (Lipinski definition) is 3. The van der Waals surface area contributed by atoms with Crippen molar-refractivity contribution >= 4 is 47.1 Å². The molecule has 3 nitrogen and oxygen atoms in total. The second-order valence-corrected chi connectivity index (χ2v) is 4.90. The Morgan fingerprint density at radius 3 is 2.21 bits per heavy atom. The molecule has 0 aromatic rings. The van der Waals surface area contributed by atoms with Gasteiger partial charge in [0.1, 0.15) is 6.29 Å². The van der Waals surface area contributed by atoms with Crippen molar-refractivity contribution in [3.63, 3.8) is 0 Å². The lowest BCUT2D eigenvalue weighted by Gasteiger charge is -2.15. The molecule has 0 bridgehead atoms. The number of carbonyl (C=O) groups is 2. The third kappa shape index (κ3) is 5.47. The summed E-state index contributed by atoms with van der Waals surface area (Å²) in [5, 5.41) is 0. The largest absolute Gasteiger partial charge is 0.427 e. The van der Waals surface area contributed by atoms with Crippen LogP contribution >= 0.6 is 34.8 Å². The maximum Gasteiger partial charge on any atom is 0.307 e. The maximum atomic E-state index is 10.6. The van der Waals surface area contributed by atoms with Gasteiger partial charge in [-0.25, -0.2) is 0 Å². The van der Waals surface area contributed by atoms with Crippen LogP contribution in [-0.4, -0.2) is 16.0 Å². The number of ether oxygens (including phenoxy) is 1. The predicted octanol–water partition coefficient (Wildman–Crippen LogP) is 2.64.